The molecule has 1 unspecified atom stereocenters. The Morgan fingerprint density at radius 2 is 2.05 bits per heavy atom. The van der Waals surface area contributed by atoms with Crippen LogP contribution in [0, 0.1) is 0 Å². The number of phenols is 1. The van der Waals surface area contributed by atoms with Gasteiger partial charge in [0.25, 0.3) is 5.91 Å². The molecule has 6 nitrogen and oxygen atoms in total. The molecule has 1 amide bonds. The summed E-state index contributed by atoms with van der Waals surface area (Å²) in [4.78, 5) is 25.5. The molecular weight excluding hydrogens is 274 g/mol. The summed E-state index contributed by atoms with van der Waals surface area (Å²) in [6, 6.07) is 4.33. The lowest BCUT2D eigenvalue weighted by Gasteiger charge is -2.41. The van der Waals surface area contributed by atoms with E-state index in [0.29, 0.717) is 18.7 Å². The van der Waals surface area contributed by atoms with E-state index in [4.69, 9.17) is 4.74 Å². The lowest BCUT2D eigenvalue weighted by atomic mass is 9.87. The first-order valence-electron chi connectivity index (χ1n) is 6.82. The van der Waals surface area contributed by atoms with Gasteiger partial charge in [-0.1, -0.05) is 0 Å². The van der Waals surface area contributed by atoms with Crippen LogP contribution in [0.5, 0.6) is 11.5 Å². The second kappa shape index (κ2) is 5.63. The van der Waals surface area contributed by atoms with Crippen LogP contribution < -0.4 is 4.74 Å². The number of aromatic hydroxyl groups is 1. The highest BCUT2D eigenvalue weighted by Gasteiger charge is 2.44. The van der Waals surface area contributed by atoms with E-state index in [0.717, 1.165) is 12.8 Å². The van der Waals surface area contributed by atoms with E-state index in [2.05, 4.69) is 0 Å². The standard InChI is InChI=1S/C15H19NO5/c1-15(14(19)20)7-3-4-8-16(15)13(18)11-9-10(21-2)5-6-12(11)17/h5-6,9,17H,3-4,7-8H2,1-2H3,(H,19,20). The average molecular weight is 293 g/mol. The minimum absolute atomic E-state index is 0.0590. The van der Waals surface area contributed by atoms with Crippen molar-refractivity contribution < 1.29 is 24.5 Å². The second-order valence-electron chi connectivity index (χ2n) is 5.38. The van der Waals surface area contributed by atoms with Gasteiger partial charge < -0.3 is 19.8 Å². The number of ether oxygens (including phenoxy) is 1. The Morgan fingerprint density at radius 1 is 1.33 bits per heavy atom. The second-order valence-corrected chi connectivity index (χ2v) is 5.38. The van der Waals surface area contributed by atoms with Crippen molar-refractivity contribution in [1.29, 1.82) is 0 Å². The molecule has 114 valence electrons. The zero-order valence-corrected chi connectivity index (χ0v) is 12.1. The highest BCUT2D eigenvalue weighted by atomic mass is 16.5. The molecule has 1 aromatic carbocycles. The minimum Gasteiger partial charge on any atom is -0.507 e. The molecule has 2 rings (SSSR count). The van der Waals surface area contributed by atoms with E-state index in [1.54, 1.807) is 13.0 Å². The fourth-order valence-corrected chi connectivity index (χ4v) is 2.63. The summed E-state index contributed by atoms with van der Waals surface area (Å²) in [5, 5.41) is 19.3. The molecular formula is C15H19NO5. The van der Waals surface area contributed by atoms with E-state index in [1.807, 2.05) is 0 Å². The van der Waals surface area contributed by atoms with Gasteiger partial charge in [0.1, 0.15) is 17.0 Å². The van der Waals surface area contributed by atoms with Crippen molar-refractivity contribution in [3.05, 3.63) is 23.8 Å². The number of rotatable bonds is 3. The zero-order valence-electron chi connectivity index (χ0n) is 12.1. The molecule has 0 aliphatic carbocycles. The van der Waals surface area contributed by atoms with Crippen LogP contribution in [0.1, 0.15) is 36.5 Å². The van der Waals surface area contributed by atoms with Gasteiger partial charge in [-0.05, 0) is 44.4 Å². The number of hydrogen-bond donors (Lipinski definition) is 2. The van der Waals surface area contributed by atoms with Crippen LogP contribution in [-0.4, -0.2) is 46.2 Å². The normalized spacial score (nSPS) is 21.9. The molecule has 1 aliphatic heterocycles. The molecule has 0 aromatic heterocycles. The smallest absolute Gasteiger partial charge is 0.329 e. The number of amides is 1. The molecule has 1 atom stereocenters. The van der Waals surface area contributed by atoms with E-state index >= 15 is 0 Å². The summed E-state index contributed by atoms with van der Waals surface area (Å²) in [5.41, 5.74) is -1.19. The van der Waals surface area contributed by atoms with Crippen LogP contribution in [0.4, 0.5) is 0 Å². The van der Waals surface area contributed by atoms with Crippen molar-refractivity contribution in [3.63, 3.8) is 0 Å². The SMILES string of the molecule is COc1ccc(O)c(C(=O)N2CCCCC2(C)C(=O)O)c1. The lowest BCUT2D eigenvalue weighted by molar-refractivity contribution is -0.150. The predicted molar refractivity (Wildman–Crippen MR) is 75.6 cm³/mol. The Hall–Kier alpha value is -2.24. The molecule has 0 saturated carbocycles. The average Bonchev–Trinajstić information content (AvgIpc) is 2.47. The zero-order chi connectivity index (χ0) is 15.6. The number of piperidine rings is 1. The van der Waals surface area contributed by atoms with E-state index in [9.17, 15) is 19.8 Å². The van der Waals surface area contributed by atoms with Crippen LogP contribution in [0.25, 0.3) is 0 Å². The molecule has 6 heteroatoms. The Balaban J connectivity index is 2.40. The molecule has 0 bridgehead atoms. The first kappa shape index (κ1) is 15.2. The molecule has 0 spiro atoms. The molecule has 1 saturated heterocycles. The summed E-state index contributed by atoms with van der Waals surface area (Å²) in [5.74, 6) is -1.27. The monoisotopic (exact) mass is 293 g/mol. The molecule has 1 fully saturated rings. The number of carboxylic acids is 1. The van der Waals surface area contributed by atoms with Gasteiger partial charge in [-0.15, -0.1) is 0 Å². The van der Waals surface area contributed by atoms with E-state index < -0.39 is 17.4 Å². The first-order valence-corrected chi connectivity index (χ1v) is 6.82. The van der Waals surface area contributed by atoms with Gasteiger partial charge in [-0.3, -0.25) is 4.79 Å². The number of likely N-dealkylation sites (tertiary alicyclic amines) is 1. The van der Waals surface area contributed by atoms with Gasteiger partial charge in [0.2, 0.25) is 0 Å². The number of benzene rings is 1. The third-order valence-electron chi connectivity index (χ3n) is 4.03. The number of nitrogens with zero attached hydrogens (tertiary/aromatic N) is 1. The number of hydrogen-bond acceptors (Lipinski definition) is 4. The van der Waals surface area contributed by atoms with Crippen molar-refractivity contribution in [3.8, 4) is 11.5 Å². The Kier molecular flexibility index (Phi) is 4.06. The van der Waals surface area contributed by atoms with E-state index in [1.165, 1.54) is 24.1 Å². The van der Waals surface area contributed by atoms with Gasteiger partial charge in [0, 0.05) is 6.54 Å². The number of aliphatic carboxylic acids is 1. The molecule has 0 radical (unpaired) electrons. The fourth-order valence-electron chi connectivity index (χ4n) is 2.63. The molecule has 21 heavy (non-hydrogen) atoms. The maximum atomic E-state index is 12.7. The number of methoxy groups -OCH3 is 1. The van der Waals surface area contributed by atoms with Crippen molar-refractivity contribution >= 4 is 11.9 Å². The quantitative estimate of drug-likeness (QED) is 0.888. The molecule has 1 aliphatic rings. The Labute approximate surface area is 122 Å². The topological polar surface area (TPSA) is 87.1 Å². The summed E-state index contributed by atoms with van der Waals surface area (Å²) in [7, 11) is 1.46. The van der Waals surface area contributed by atoms with Crippen molar-refractivity contribution in [2.45, 2.75) is 31.7 Å². The van der Waals surface area contributed by atoms with Crippen LogP contribution in [0.3, 0.4) is 0 Å². The molecule has 1 heterocycles. The van der Waals surface area contributed by atoms with E-state index in [-0.39, 0.29) is 11.3 Å². The van der Waals surface area contributed by atoms with Gasteiger partial charge in [-0.2, -0.15) is 0 Å². The highest BCUT2D eigenvalue weighted by molar-refractivity contribution is 6.00. The minimum atomic E-state index is -1.25. The highest BCUT2D eigenvalue weighted by Crippen LogP contribution is 2.32. The van der Waals surface area contributed by atoms with Crippen molar-refractivity contribution in [1.82, 2.24) is 4.90 Å². The summed E-state index contributed by atoms with van der Waals surface area (Å²) in [6.07, 6.45) is 1.91. The fraction of sp³-hybridized carbons (Fsp3) is 0.467. The van der Waals surface area contributed by atoms with Crippen LogP contribution in [0.15, 0.2) is 18.2 Å². The summed E-state index contributed by atoms with van der Waals surface area (Å²) >= 11 is 0. The maximum Gasteiger partial charge on any atom is 0.329 e. The van der Waals surface area contributed by atoms with Gasteiger partial charge in [0.15, 0.2) is 0 Å². The van der Waals surface area contributed by atoms with Gasteiger partial charge in [0.05, 0.1) is 12.7 Å². The number of phenolic OH excluding ortho intramolecular Hbond substituents is 1. The first-order chi connectivity index (χ1) is 9.90. The Bertz CT molecular complexity index is 571. The largest absolute Gasteiger partial charge is 0.507 e. The number of carbonyl (C=O) groups excluding carboxylic acids is 1. The maximum absolute atomic E-state index is 12.7. The third kappa shape index (κ3) is 2.66. The van der Waals surface area contributed by atoms with Crippen LogP contribution >= 0.6 is 0 Å². The number of carboxylic acid groups (broad SMARTS) is 1. The third-order valence-corrected chi connectivity index (χ3v) is 4.03. The van der Waals surface area contributed by atoms with Crippen LogP contribution in [-0.2, 0) is 4.79 Å². The van der Waals surface area contributed by atoms with Crippen molar-refractivity contribution in [2.75, 3.05) is 13.7 Å². The molecule has 1 aromatic rings. The summed E-state index contributed by atoms with van der Waals surface area (Å²) in [6.45, 7) is 1.90. The summed E-state index contributed by atoms with van der Waals surface area (Å²) < 4.78 is 5.05. The molecule has 2 N–H and O–H groups in total. The van der Waals surface area contributed by atoms with Gasteiger partial charge in [-0.25, -0.2) is 4.79 Å². The predicted octanol–water partition coefficient (Wildman–Crippen LogP) is 1.87. The van der Waals surface area contributed by atoms with Crippen LogP contribution in [0.2, 0.25) is 0 Å². The van der Waals surface area contributed by atoms with Gasteiger partial charge >= 0.3 is 5.97 Å². The Morgan fingerprint density at radius 3 is 2.67 bits per heavy atom. The van der Waals surface area contributed by atoms with Crippen molar-refractivity contribution in [2.24, 2.45) is 0 Å². The number of carbonyl (C=O) groups is 2. The lowest BCUT2D eigenvalue weighted by Crippen LogP contribution is -2.57.